The Bertz CT molecular complexity index is 599. The smallest absolute Gasteiger partial charge is 0.276 e. The van der Waals surface area contributed by atoms with Gasteiger partial charge in [0.05, 0.1) is 7.11 Å². The van der Waals surface area contributed by atoms with Crippen LogP contribution in [-0.2, 0) is 0 Å². The molecule has 5 nitrogen and oxygen atoms in total. The maximum absolute atomic E-state index is 12.0. The molecule has 0 aliphatic heterocycles. The number of halogens is 1. The molecule has 1 N–H and O–H groups in total. The molecule has 19 heavy (non-hydrogen) atoms. The fourth-order valence-electron chi connectivity index (χ4n) is 1.47. The number of aryl methyl sites for hydroxylation is 1. The van der Waals surface area contributed by atoms with Gasteiger partial charge < -0.3 is 10.1 Å². The van der Waals surface area contributed by atoms with Crippen molar-refractivity contribution in [3.63, 3.8) is 0 Å². The molecule has 2 rings (SSSR count). The molecule has 1 amide bonds. The Morgan fingerprint density at radius 1 is 1.26 bits per heavy atom. The van der Waals surface area contributed by atoms with Crippen LogP contribution in [0.5, 0.6) is 5.88 Å². The first-order valence-corrected chi connectivity index (χ1v) is 5.93. The number of nitrogens with zero attached hydrogens (tertiary/aromatic N) is 2. The first-order valence-electron chi connectivity index (χ1n) is 5.55. The SMILES string of the molecule is COc1ccc(C(=O)Nc2cc(Cl)ccc2C)nn1. The Balaban J connectivity index is 2.18. The summed E-state index contributed by atoms with van der Waals surface area (Å²) in [5.41, 5.74) is 1.77. The zero-order valence-corrected chi connectivity index (χ0v) is 11.2. The Hall–Kier alpha value is -2.14. The van der Waals surface area contributed by atoms with Crippen LogP contribution in [0.2, 0.25) is 5.02 Å². The summed E-state index contributed by atoms with van der Waals surface area (Å²) >= 11 is 5.89. The molecule has 6 heteroatoms. The quantitative estimate of drug-likeness (QED) is 0.937. The van der Waals surface area contributed by atoms with Crippen molar-refractivity contribution < 1.29 is 9.53 Å². The molecule has 0 spiro atoms. The van der Waals surface area contributed by atoms with Crippen molar-refractivity contribution >= 4 is 23.2 Å². The molecule has 0 aliphatic rings. The molecule has 0 radical (unpaired) electrons. The second kappa shape index (κ2) is 5.67. The predicted octanol–water partition coefficient (Wildman–Crippen LogP) is 2.70. The lowest BCUT2D eigenvalue weighted by Crippen LogP contribution is -2.15. The van der Waals surface area contributed by atoms with Crippen molar-refractivity contribution in [3.8, 4) is 5.88 Å². The Kier molecular flexibility index (Phi) is 3.97. The van der Waals surface area contributed by atoms with Crippen LogP contribution < -0.4 is 10.1 Å². The summed E-state index contributed by atoms with van der Waals surface area (Å²) in [6.07, 6.45) is 0. The lowest BCUT2D eigenvalue weighted by molar-refractivity contribution is 0.102. The highest BCUT2D eigenvalue weighted by Gasteiger charge is 2.10. The van der Waals surface area contributed by atoms with Gasteiger partial charge in [-0.2, -0.15) is 0 Å². The van der Waals surface area contributed by atoms with Gasteiger partial charge in [0, 0.05) is 16.8 Å². The highest BCUT2D eigenvalue weighted by Crippen LogP contribution is 2.20. The number of benzene rings is 1. The predicted molar refractivity (Wildman–Crippen MR) is 72.7 cm³/mol. The minimum Gasteiger partial charge on any atom is -0.480 e. The van der Waals surface area contributed by atoms with Crippen molar-refractivity contribution in [2.24, 2.45) is 0 Å². The Labute approximate surface area is 115 Å². The molecule has 1 aromatic heterocycles. The van der Waals surface area contributed by atoms with Gasteiger partial charge in [0.15, 0.2) is 5.69 Å². The molecule has 1 heterocycles. The third-order valence-corrected chi connectivity index (χ3v) is 2.76. The average Bonchev–Trinajstić information content (AvgIpc) is 2.43. The van der Waals surface area contributed by atoms with E-state index in [0.717, 1.165) is 5.56 Å². The van der Waals surface area contributed by atoms with E-state index in [9.17, 15) is 4.79 Å². The van der Waals surface area contributed by atoms with Crippen LogP contribution in [0.1, 0.15) is 16.1 Å². The van der Waals surface area contributed by atoms with Gasteiger partial charge in [-0.1, -0.05) is 17.7 Å². The molecule has 0 unspecified atom stereocenters. The summed E-state index contributed by atoms with van der Waals surface area (Å²) in [5.74, 6) is 0.0102. The average molecular weight is 278 g/mol. The van der Waals surface area contributed by atoms with E-state index in [-0.39, 0.29) is 11.6 Å². The molecule has 0 saturated heterocycles. The molecule has 0 aliphatic carbocycles. The standard InChI is InChI=1S/C13H12ClN3O2/c1-8-3-4-9(14)7-11(8)15-13(18)10-5-6-12(19-2)17-16-10/h3-7H,1-2H3,(H,15,18). The van der Waals surface area contributed by atoms with Crippen molar-refractivity contribution in [1.29, 1.82) is 0 Å². The van der Waals surface area contributed by atoms with E-state index < -0.39 is 0 Å². The van der Waals surface area contributed by atoms with E-state index >= 15 is 0 Å². The zero-order chi connectivity index (χ0) is 13.8. The fourth-order valence-corrected chi connectivity index (χ4v) is 1.64. The zero-order valence-electron chi connectivity index (χ0n) is 10.5. The lowest BCUT2D eigenvalue weighted by Gasteiger charge is -2.08. The Morgan fingerprint density at radius 2 is 2.05 bits per heavy atom. The second-order valence-corrected chi connectivity index (χ2v) is 4.31. The van der Waals surface area contributed by atoms with Crippen molar-refractivity contribution in [2.75, 3.05) is 12.4 Å². The van der Waals surface area contributed by atoms with Crippen LogP contribution in [0.4, 0.5) is 5.69 Å². The topological polar surface area (TPSA) is 64.1 Å². The van der Waals surface area contributed by atoms with E-state index in [1.165, 1.54) is 7.11 Å². The number of hydrogen-bond acceptors (Lipinski definition) is 4. The van der Waals surface area contributed by atoms with E-state index in [0.29, 0.717) is 16.6 Å². The number of rotatable bonds is 3. The summed E-state index contributed by atoms with van der Waals surface area (Å²) in [7, 11) is 1.49. The van der Waals surface area contributed by atoms with Crippen LogP contribution in [0, 0.1) is 6.92 Å². The normalized spacial score (nSPS) is 10.1. The maximum Gasteiger partial charge on any atom is 0.276 e. The number of amides is 1. The van der Waals surface area contributed by atoms with Gasteiger partial charge in [-0.3, -0.25) is 4.79 Å². The van der Waals surface area contributed by atoms with Gasteiger partial charge >= 0.3 is 0 Å². The number of methoxy groups -OCH3 is 1. The van der Waals surface area contributed by atoms with Gasteiger partial charge in [-0.25, -0.2) is 0 Å². The summed E-state index contributed by atoms with van der Waals surface area (Å²) < 4.78 is 4.88. The monoisotopic (exact) mass is 277 g/mol. The van der Waals surface area contributed by atoms with Gasteiger partial charge in [-0.15, -0.1) is 10.2 Å². The van der Waals surface area contributed by atoms with Crippen molar-refractivity contribution in [1.82, 2.24) is 10.2 Å². The van der Waals surface area contributed by atoms with Gasteiger partial charge in [-0.05, 0) is 30.7 Å². The van der Waals surface area contributed by atoms with Crippen LogP contribution in [0.3, 0.4) is 0 Å². The largest absolute Gasteiger partial charge is 0.480 e. The molecule has 0 atom stereocenters. The molecule has 2 aromatic rings. The summed E-state index contributed by atoms with van der Waals surface area (Å²) in [5, 5.41) is 10.8. The van der Waals surface area contributed by atoms with Crippen molar-refractivity contribution in [2.45, 2.75) is 6.92 Å². The second-order valence-electron chi connectivity index (χ2n) is 3.87. The number of carbonyl (C=O) groups is 1. The first kappa shape index (κ1) is 13.3. The summed E-state index contributed by atoms with van der Waals surface area (Å²) in [6, 6.07) is 8.40. The van der Waals surface area contributed by atoms with Crippen LogP contribution >= 0.6 is 11.6 Å². The van der Waals surface area contributed by atoms with Crippen LogP contribution in [0.25, 0.3) is 0 Å². The number of anilines is 1. The Morgan fingerprint density at radius 3 is 2.68 bits per heavy atom. The number of hydrogen-bond donors (Lipinski definition) is 1. The van der Waals surface area contributed by atoms with E-state index in [2.05, 4.69) is 15.5 Å². The van der Waals surface area contributed by atoms with E-state index in [4.69, 9.17) is 16.3 Å². The highest BCUT2D eigenvalue weighted by molar-refractivity contribution is 6.31. The third-order valence-electron chi connectivity index (χ3n) is 2.53. The first-order chi connectivity index (χ1) is 9.10. The molecule has 0 saturated carbocycles. The van der Waals surface area contributed by atoms with Gasteiger partial charge in [0.1, 0.15) is 0 Å². The van der Waals surface area contributed by atoms with Crippen molar-refractivity contribution in [3.05, 3.63) is 46.6 Å². The lowest BCUT2D eigenvalue weighted by atomic mass is 10.2. The van der Waals surface area contributed by atoms with E-state index in [1.807, 2.05) is 13.0 Å². The maximum atomic E-state index is 12.0. The molecular formula is C13H12ClN3O2. The van der Waals surface area contributed by atoms with Gasteiger partial charge in [0.25, 0.3) is 5.91 Å². The number of carbonyl (C=O) groups excluding carboxylic acids is 1. The minimum absolute atomic E-state index is 0.208. The molecule has 98 valence electrons. The number of ether oxygens (including phenoxy) is 1. The molecule has 0 fully saturated rings. The van der Waals surface area contributed by atoms with Crippen LogP contribution in [-0.4, -0.2) is 23.2 Å². The summed E-state index contributed by atoms with van der Waals surface area (Å²) in [4.78, 5) is 12.0. The summed E-state index contributed by atoms with van der Waals surface area (Å²) in [6.45, 7) is 1.88. The fraction of sp³-hybridized carbons (Fsp3) is 0.154. The minimum atomic E-state index is -0.347. The van der Waals surface area contributed by atoms with Crippen LogP contribution in [0.15, 0.2) is 30.3 Å². The number of nitrogens with one attached hydrogen (secondary N) is 1. The highest BCUT2D eigenvalue weighted by atomic mass is 35.5. The molecule has 1 aromatic carbocycles. The molecule has 0 bridgehead atoms. The third kappa shape index (κ3) is 3.20. The number of aromatic nitrogens is 2. The van der Waals surface area contributed by atoms with E-state index in [1.54, 1.807) is 24.3 Å². The van der Waals surface area contributed by atoms with Gasteiger partial charge in [0.2, 0.25) is 5.88 Å². The molecular weight excluding hydrogens is 266 g/mol.